The van der Waals surface area contributed by atoms with E-state index in [2.05, 4.69) is 5.32 Å². The number of benzene rings is 1. The van der Waals surface area contributed by atoms with Crippen molar-refractivity contribution in [2.24, 2.45) is 5.73 Å². The lowest BCUT2D eigenvalue weighted by Crippen LogP contribution is -2.22. The molecule has 4 heteroatoms. The molecular weight excluding hydrogens is 252 g/mol. The minimum absolute atomic E-state index is 0.111. The van der Waals surface area contributed by atoms with Crippen LogP contribution >= 0.6 is 0 Å². The van der Waals surface area contributed by atoms with Gasteiger partial charge in [-0.2, -0.15) is 0 Å². The number of amides is 1. The lowest BCUT2D eigenvalue weighted by molar-refractivity contribution is -0.121. The molecule has 0 saturated carbocycles. The highest BCUT2D eigenvalue weighted by molar-refractivity contribution is 5.75. The summed E-state index contributed by atoms with van der Waals surface area (Å²) < 4.78 is 5.43. The molecule has 0 saturated heterocycles. The van der Waals surface area contributed by atoms with Crippen LogP contribution in [0.1, 0.15) is 44.6 Å². The average molecular weight is 278 g/mol. The van der Waals surface area contributed by atoms with E-state index in [1.807, 2.05) is 31.2 Å². The highest BCUT2D eigenvalue weighted by atomic mass is 16.5. The number of ether oxygens (including phenoxy) is 1. The molecule has 0 aliphatic carbocycles. The quantitative estimate of drug-likeness (QED) is 0.647. The highest BCUT2D eigenvalue weighted by Gasteiger charge is 2.02. The molecule has 1 aromatic carbocycles. The predicted octanol–water partition coefficient (Wildman–Crippen LogP) is 2.61. The molecule has 0 aliphatic rings. The number of carbonyl (C=O) groups is 1. The van der Waals surface area contributed by atoms with Crippen LogP contribution in [0.3, 0.4) is 0 Å². The Balaban J connectivity index is 2.21. The van der Waals surface area contributed by atoms with Crippen molar-refractivity contribution < 1.29 is 9.53 Å². The summed E-state index contributed by atoms with van der Waals surface area (Å²) in [4.78, 5) is 11.7. The Kier molecular flexibility index (Phi) is 8.47. The minimum atomic E-state index is 0.111. The van der Waals surface area contributed by atoms with Crippen molar-refractivity contribution in [3.63, 3.8) is 0 Å². The van der Waals surface area contributed by atoms with Crippen LogP contribution in [-0.4, -0.2) is 19.1 Å². The van der Waals surface area contributed by atoms with Crippen molar-refractivity contribution in [3.8, 4) is 5.75 Å². The van der Waals surface area contributed by atoms with Gasteiger partial charge in [-0.25, -0.2) is 0 Å². The molecule has 4 nitrogen and oxygen atoms in total. The van der Waals surface area contributed by atoms with Crippen molar-refractivity contribution >= 4 is 5.91 Å². The monoisotopic (exact) mass is 278 g/mol. The van der Waals surface area contributed by atoms with Crippen LogP contribution in [0.25, 0.3) is 0 Å². The minimum Gasteiger partial charge on any atom is -0.494 e. The van der Waals surface area contributed by atoms with Crippen LogP contribution in [0.2, 0.25) is 0 Å². The predicted molar refractivity (Wildman–Crippen MR) is 81.6 cm³/mol. The molecule has 0 aromatic heterocycles. The second-order valence-electron chi connectivity index (χ2n) is 4.81. The highest BCUT2D eigenvalue weighted by Crippen LogP contribution is 2.13. The van der Waals surface area contributed by atoms with E-state index in [0.717, 1.165) is 43.5 Å². The van der Waals surface area contributed by atoms with E-state index in [4.69, 9.17) is 10.5 Å². The molecule has 0 aliphatic heterocycles. The summed E-state index contributed by atoms with van der Waals surface area (Å²) in [7, 11) is 0. The number of unbranched alkanes of at least 4 members (excludes halogenated alkanes) is 3. The Hall–Kier alpha value is -1.55. The lowest BCUT2D eigenvalue weighted by Gasteiger charge is -2.08. The molecule has 20 heavy (non-hydrogen) atoms. The van der Waals surface area contributed by atoms with Gasteiger partial charge in [0.2, 0.25) is 5.91 Å². The second kappa shape index (κ2) is 10.3. The third-order valence-corrected chi connectivity index (χ3v) is 3.06. The smallest absolute Gasteiger partial charge is 0.220 e. The van der Waals surface area contributed by atoms with Gasteiger partial charge in [-0.3, -0.25) is 4.79 Å². The van der Waals surface area contributed by atoms with Crippen molar-refractivity contribution in [3.05, 3.63) is 29.8 Å². The first kappa shape index (κ1) is 16.5. The van der Waals surface area contributed by atoms with Gasteiger partial charge in [-0.05, 0) is 44.0 Å². The molecule has 0 heterocycles. The number of nitrogens with two attached hydrogens (primary N) is 1. The molecule has 3 N–H and O–H groups in total. The zero-order valence-corrected chi connectivity index (χ0v) is 12.4. The molecule has 0 spiro atoms. The zero-order valence-electron chi connectivity index (χ0n) is 12.4. The molecule has 0 bridgehead atoms. The maximum absolute atomic E-state index is 11.7. The van der Waals surface area contributed by atoms with E-state index in [1.165, 1.54) is 0 Å². The van der Waals surface area contributed by atoms with E-state index < -0.39 is 0 Å². The van der Waals surface area contributed by atoms with Crippen molar-refractivity contribution in [2.75, 3.05) is 13.2 Å². The fourth-order valence-corrected chi connectivity index (χ4v) is 1.98. The van der Waals surface area contributed by atoms with E-state index in [1.54, 1.807) is 0 Å². The first-order valence-electron chi connectivity index (χ1n) is 7.44. The lowest BCUT2D eigenvalue weighted by atomic mass is 10.1. The van der Waals surface area contributed by atoms with Gasteiger partial charge >= 0.3 is 0 Å². The molecule has 0 atom stereocenters. The normalized spacial score (nSPS) is 10.3. The van der Waals surface area contributed by atoms with Gasteiger partial charge in [-0.1, -0.05) is 25.0 Å². The van der Waals surface area contributed by atoms with E-state index in [-0.39, 0.29) is 5.91 Å². The summed E-state index contributed by atoms with van der Waals surface area (Å²) in [5, 5.41) is 2.94. The second-order valence-corrected chi connectivity index (χ2v) is 4.81. The molecule has 0 radical (unpaired) electrons. The number of nitrogens with one attached hydrogen (secondary N) is 1. The van der Waals surface area contributed by atoms with Crippen molar-refractivity contribution in [1.29, 1.82) is 0 Å². The topological polar surface area (TPSA) is 64.3 Å². The molecule has 112 valence electrons. The summed E-state index contributed by atoms with van der Waals surface area (Å²) in [5.41, 5.74) is 6.49. The fraction of sp³-hybridized carbons (Fsp3) is 0.562. The largest absolute Gasteiger partial charge is 0.494 e. The fourth-order valence-electron chi connectivity index (χ4n) is 1.98. The Morgan fingerprint density at radius 2 is 2.05 bits per heavy atom. The van der Waals surface area contributed by atoms with Gasteiger partial charge in [0.15, 0.2) is 0 Å². The number of carbonyl (C=O) groups excluding carboxylic acids is 1. The van der Waals surface area contributed by atoms with E-state index in [0.29, 0.717) is 19.6 Å². The van der Waals surface area contributed by atoms with Crippen LogP contribution in [0, 0.1) is 0 Å². The van der Waals surface area contributed by atoms with Crippen LogP contribution in [0.4, 0.5) is 0 Å². The van der Waals surface area contributed by atoms with Crippen LogP contribution in [0.5, 0.6) is 5.75 Å². The number of hydrogen-bond donors (Lipinski definition) is 2. The van der Waals surface area contributed by atoms with Crippen molar-refractivity contribution in [1.82, 2.24) is 5.32 Å². The van der Waals surface area contributed by atoms with Gasteiger partial charge in [0, 0.05) is 13.0 Å². The van der Waals surface area contributed by atoms with Gasteiger partial charge in [0.25, 0.3) is 0 Å². The SMILES string of the molecule is CCOc1cccc(CNC(=O)CCCCCCN)c1. The maximum atomic E-state index is 11.7. The third kappa shape index (κ3) is 7.14. The Morgan fingerprint density at radius 3 is 2.80 bits per heavy atom. The van der Waals surface area contributed by atoms with Gasteiger partial charge in [-0.15, -0.1) is 0 Å². The van der Waals surface area contributed by atoms with E-state index in [9.17, 15) is 4.79 Å². The number of rotatable bonds is 10. The summed E-state index contributed by atoms with van der Waals surface area (Å²) in [6.07, 6.45) is 4.76. The van der Waals surface area contributed by atoms with Crippen LogP contribution in [0.15, 0.2) is 24.3 Å². The van der Waals surface area contributed by atoms with Gasteiger partial charge in [0.05, 0.1) is 6.61 Å². The van der Waals surface area contributed by atoms with Gasteiger partial charge in [0.1, 0.15) is 5.75 Å². The third-order valence-electron chi connectivity index (χ3n) is 3.06. The summed E-state index contributed by atoms with van der Waals surface area (Å²) in [6, 6.07) is 7.82. The first-order chi connectivity index (χ1) is 9.76. The molecular formula is C16H26N2O2. The summed E-state index contributed by atoms with van der Waals surface area (Å²) >= 11 is 0. The standard InChI is InChI=1S/C16H26N2O2/c1-2-20-15-9-7-8-14(12-15)13-18-16(19)10-5-3-4-6-11-17/h7-9,12H,2-6,10-11,13,17H2,1H3,(H,18,19). The Bertz CT molecular complexity index is 394. The first-order valence-corrected chi connectivity index (χ1v) is 7.44. The molecule has 1 amide bonds. The molecule has 1 aromatic rings. The van der Waals surface area contributed by atoms with E-state index >= 15 is 0 Å². The molecule has 0 unspecified atom stereocenters. The number of hydrogen-bond acceptors (Lipinski definition) is 3. The Labute approximate surface area is 121 Å². The molecule has 1 rings (SSSR count). The summed E-state index contributed by atoms with van der Waals surface area (Å²) in [5.74, 6) is 0.959. The maximum Gasteiger partial charge on any atom is 0.220 e. The molecule has 0 fully saturated rings. The van der Waals surface area contributed by atoms with Crippen LogP contribution in [-0.2, 0) is 11.3 Å². The zero-order chi connectivity index (χ0) is 14.6. The van der Waals surface area contributed by atoms with Crippen LogP contribution < -0.4 is 15.8 Å². The van der Waals surface area contributed by atoms with Crippen molar-refractivity contribution in [2.45, 2.75) is 45.6 Å². The average Bonchev–Trinajstić information content (AvgIpc) is 2.46. The Morgan fingerprint density at radius 1 is 1.25 bits per heavy atom. The van der Waals surface area contributed by atoms with Gasteiger partial charge < -0.3 is 15.8 Å². The summed E-state index contributed by atoms with van der Waals surface area (Å²) in [6.45, 7) is 3.91.